The van der Waals surface area contributed by atoms with Crippen LogP contribution in [0.5, 0.6) is 5.75 Å². The van der Waals surface area contributed by atoms with Crippen LogP contribution in [-0.2, 0) is 14.9 Å². The van der Waals surface area contributed by atoms with Gasteiger partial charge < -0.3 is 19.3 Å². The van der Waals surface area contributed by atoms with Gasteiger partial charge in [0.15, 0.2) is 5.60 Å². The maximum atomic E-state index is 13.6. The Labute approximate surface area is 154 Å². The van der Waals surface area contributed by atoms with Gasteiger partial charge in [0.05, 0.1) is 25.6 Å². The molecule has 0 N–H and O–H groups in total. The molecule has 1 atom stereocenters. The van der Waals surface area contributed by atoms with E-state index in [0.717, 1.165) is 37.0 Å². The maximum Gasteiger partial charge on any atom is 0.410 e. The number of benzene rings is 1. The highest BCUT2D eigenvalue weighted by Gasteiger charge is 2.53. The third kappa shape index (κ3) is 2.63. The summed E-state index contributed by atoms with van der Waals surface area (Å²) in [4.78, 5) is 28.9. The van der Waals surface area contributed by atoms with E-state index < -0.39 is 11.0 Å². The first-order valence-electron chi connectivity index (χ1n) is 9.36. The van der Waals surface area contributed by atoms with Crippen molar-refractivity contribution < 1.29 is 19.1 Å². The molecule has 1 saturated carbocycles. The van der Waals surface area contributed by atoms with Crippen molar-refractivity contribution in [2.75, 3.05) is 33.8 Å². The molecule has 6 nitrogen and oxygen atoms in total. The van der Waals surface area contributed by atoms with Crippen molar-refractivity contribution in [2.24, 2.45) is 0 Å². The van der Waals surface area contributed by atoms with Crippen molar-refractivity contribution in [1.29, 1.82) is 0 Å². The highest BCUT2D eigenvalue weighted by atomic mass is 16.6. The van der Waals surface area contributed by atoms with Gasteiger partial charge in [-0.3, -0.25) is 4.79 Å². The van der Waals surface area contributed by atoms with E-state index in [9.17, 15) is 9.59 Å². The largest absolute Gasteiger partial charge is 0.497 e. The van der Waals surface area contributed by atoms with Crippen molar-refractivity contribution in [1.82, 2.24) is 9.80 Å². The summed E-state index contributed by atoms with van der Waals surface area (Å²) >= 11 is 0. The topological polar surface area (TPSA) is 59.1 Å². The molecule has 2 amide bonds. The summed E-state index contributed by atoms with van der Waals surface area (Å²) in [5.41, 5.74) is 0.0929. The number of carbonyl (C=O) groups excluding carboxylic acids is 2. The van der Waals surface area contributed by atoms with Crippen molar-refractivity contribution >= 4 is 12.0 Å². The van der Waals surface area contributed by atoms with Gasteiger partial charge in [-0.2, -0.15) is 0 Å². The number of hydrogen-bond acceptors (Lipinski definition) is 4. The average molecular weight is 358 g/mol. The molecule has 3 fully saturated rings. The minimum Gasteiger partial charge on any atom is -0.497 e. The van der Waals surface area contributed by atoms with Crippen LogP contribution in [0.15, 0.2) is 24.3 Å². The number of ether oxygens (including phenoxy) is 2. The molecule has 4 rings (SSSR count). The number of likely N-dealkylation sites (N-methyl/N-ethyl adjacent to an activating group) is 1. The van der Waals surface area contributed by atoms with Crippen molar-refractivity contribution in [3.8, 4) is 5.75 Å². The summed E-state index contributed by atoms with van der Waals surface area (Å²) in [5, 5.41) is 0. The lowest BCUT2D eigenvalue weighted by Crippen LogP contribution is -2.47. The fourth-order valence-electron chi connectivity index (χ4n) is 4.84. The molecular weight excluding hydrogens is 332 g/mol. The Morgan fingerprint density at radius 2 is 1.81 bits per heavy atom. The second kappa shape index (κ2) is 6.18. The number of carbonyl (C=O) groups is 2. The highest BCUT2D eigenvalue weighted by molar-refractivity contribution is 5.89. The maximum absolute atomic E-state index is 13.6. The van der Waals surface area contributed by atoms with Crippen molar-refractivity contribution in [3.05, 3.63) is 29.8 Å². The van der Waals surface area contributed by atoms with Crippen molar-refractivity contribution in [3.63, 3.8) is 0 Å². The molecule has 2 aliphatic heterocycles. The zero-order valence-corrected chi connectivity index (χ0v) is 15.5. The molecular formula is C20H26N2O4. The zero-order chi connectivity index (χ0) is 18.4. The Bertz CT molecular complexity index is 711. The summed E-state index contributed by atoms with van der Waals surface area (Å²) < 4.78 is 10.9. The monoisotopic (exact) mass is 358 g/mol. The fourth-order valence-corrected chi connectivity index (χ4v) is 4.84. The molecule has 140 valence electrons. The first kappa shape index (κ1) is 17.2. The van der Waals surface area contributed by atoms with Crippen LogP contribution in [-0.4, -0.2) is 61.2 Å². The van der Waals surface area contributed by atoms with E-state index in [1.807, 2.05) is 29.2 Å². The van der Waals surface area contributed by atoms with Crippen LogP contribution in [0.3, 0.4) is 0 Å². The van der Waals surface area contributed by atoms with Crippen LogP contribution < -0.4 is 4.74 Å². The van der Waals surface area contributed by atoms with E-state index in [2.05, 4.69) is 0 Å². The fraction of sp³-hybridized carbons (Fsp3) is 0.600. The Morgan fingerprint density at radius 3 is 2.38 bits per heavy atom. The zero-order valence-electron chi connectivity index (χ0n) is 15.5. The SMILES string of the molecule is COc1ccc(C2(C(=O)N3CC[C@]4(CN(C)C(=O)O4)C3)CCCC2)cc1. The molecule has 0 radical (unpaired) electrons. The van der Waals surface area contributed by atoms with E-state index >= 15 is 0 Å². The van der Waals surface area contributed by atoms with E-state index in [1.54, 1.807) is 19.1 Å². The molecule has 3 aliphatic rings. The standard InChI is InChI=1S/C20H26N2O4/c1-21-13-19(26-18(21)24)11-12-22(14-19)17(23)20(9-3-4-10-20)15-5-7-16(25-2)8-6-15/h5-8H,3-4,9-14H2,1-2H3/t19-/m0/s1. The molecule has 2 saturated heterocycles. The Balaban J connectivity index is 1.57. The normalized spacial score (nSPS) is 27.2. The summed E-state index contributed by atoms with van der Waals surface area (Å²) in [6.07, 6.45) is 4.31. The Morgan fingerprint density at radius 1 is 1.12 bits per heavy atom. The van der Waals surface area contributed by atoms with Crippen LogP contribution >= 0.6 is 0 Å². The van der Waals surface area contributed by atoms with E-state index in [0.29, 0.717) is 26.1 Å². The number of nitrogens with zero attached hydrogens (tertiary/aromatic N) is 2. The molecule has 2 heterocycles. The van der Waals surface area contributed by atoms with Crippen LogP contribution in [0.2, 0.25) is 0 Å². The molecule has 1 aromatic rings. The van der Waals surface area contributed by atoms with Crippen LogP contribution in [0.25, 0.3) is 0 Å². The van der Waals surface area contributed by atoms with Gasteiger partial charge in [-0.15, -0.1) is 0 Å². The van der Waals surface area contributed by atoms with E-state index in [4.69, 9.17) is 9.47 Å². The third-order valence-electron chi connectivity index (χ3n) is 6.25. The molecule has 1 aliphatic carbocycles. The molecule has 1 aromatic carbocycles. The van der Waals surface area contributed by atoms with Crippen LogP contribution in [0.1, 0.15) is 37.7 Å². The molecule has 0 bridgehead atoms. The molecule has 6 heteroatoms. The molecule has 0 aromatic heterocycles. The number of amides is 2. The summed E-state index contributed by atoms with van der Waals surface area (Å²) in [6.45, 7) is 1.71. The number of methoxy groups -OCH3 is 1. The van der Waals surface area contributed by atoms with E-state index in [-0.39, 0.29) is 12.0 Å². The molecule has 26 heavy (non-hydrogen) atoms. The highest BCUT2D eigenvalue weighted by Crippen LogP contribution is 2.44. The summed E-state index contributed by atoms with van der Waals surface area (Å²) in [6, 6.07) is 7.91. The smallest absolute Gasteiger partial charge is 0.410 e. The Hall–Kier alpha value is -2.24. The Kier molecular flexibility index (Phi) is 4.09. The molecule has 0 unspecified atom stereocenters. The van der Waals surface area contributed by atoms with Crippen LogP contribution in [0, 0.1) is 0 Å². The second-order valence-corrected chi connectivity index (χ2v) is 7.90. The lowest BCUT2D eigenvalue weighted by atomic mass is 9.77. The minimum absolute atomic E-state index is 0.183. The van der Waals surface area contributed by atoms with E-state index in [1.165, 1.54) is 0 Å². The van der Waals surface area contributed by atoms with Gasteiger partial charge in [0.2, 0.25) is 5.91 Å². The predicted molar refractivity (Wildman–Crippen MR) is 96.2 cm³/mol. The number of rotatable bonds is 3. The lowest BCUT2D eigenvalue weighted by Gasteiger charge is -2.33. The molecule has 1 spiro atoms. The second-order valence-electron chi connectivity index (χ2n) is 7.90. The average Bonchev–Trinajstić information content (AvgIpc) is 3.35. The van der Waals surface area contributed by atoms with Crippen LogP contribution in [0.4, 0.5) is 4.79 Å². The number of hydrogen-bond donors (Lipinski definition) is 0. The van der Waals surface area contributed by atoms with Crippen molar-refractivity contribution in [2.45, 2.75) is 43.1 Å². The van der Waals surface area contributed by atoms with Gasteiger partial charge in [-0.1, -0.05) is 25.0 Å². The first-order valence-corrected chi connectivity index (χ1v) is 9.36. The van der Waals surface area contributed by atoms with Gasteiger partial charge in [0.25, 0.3) is 0 Å². The van der Waals surface area contributed by atoms with Gasteiger partial charge in [-0.25, -0.2) is 4.79 Å². The summed E-state index contributed by atoms with van der Waals surface area (Å²) in [5.74, 6) is 0.984. The summed E-state index contributed by atoms with van der Waals surface area (Å²) in [7, 11) is 3.40. The third-order valence-corrected chi connectivity index (χ3v) is 6.25. The number of likely N-dealkylation sites (tertiary alicyclic amines) is 1. The van der Waals surface area contributed by atoms with Gasteiger partial charge >= 0.3 is 6.09 Å². The first-order chi connectivity index (χ1) is 12.5. The predicted octanol–water partition coefficient (Wildman–Crippen LogP) is 2.56. The van der Waals surface area contributed by atoms with Gasteiger partial charge in [0.1, 0.15) is 5.75 Å². The van der Waals surface area contributed by atoms with Gasteiger partial charge in [0, 0.05) is 20.0 Å². The minimum atomic E-state index is -0.527. The quantitative estimate of drug-likeness (QED) is 0.833. The lowest BCUT2D eigenvalue weighted by molar-refractivity contribution is -0.137. The van der Waals surface area contributed by atoms with Gasteiger partial charge in [-0.05, 0) is 30.5 Å².